The Bertz CT molecular complexity index is 573. The van der Waals surface area contributed by atoms with Crippen LogP contribution >= 0.6 is 0 Å². The van der Waals surface area contributed by atoms with Gasteiger partial charge in [-0.05, 0) is 20.3 Å². The number of carbonyl (C=O) groups excluding carboxylic acids is 2. The molecule has 1 atom stereocenters. The molecule has 0 saturated carbocycles. The number of hydrogen-bond acceptors (Lipinski definition) is 4. The molecule has 4 nitrogen and oxygen atoms in total. The van der Waals surface area contributed by atoms with Gasteiger partial charge >= 0.3 is 5.97 Å². The molecule has 1 aromatic carbocycles. The van der Waals surface area contributed by atoms with E-state index in [1.165, 1.54) is 6.20 Å². The number of ether oxygens (including phenoxy) is 1. The van der Waals surface area contributed by atoms with Gasteiger partial charge in [-0.2, -0.15) is 0 Å². The molecule has 0 N–H and O–H groups in total. The molecule has 2 rings (SSSR count). The van der Waals surface area contributed by atoms with E-state index in [1.807, 2.05) is 18.2 Å². The average Bonchev–Trinajstić information content (AvgIpc) is 2.47. The number of rotatable bonds is 5. The summed E-state index contributed by atoms with van der Waals surface area (Å²) < 4.78 is 5.16. The molecule has 1 heterocycles. The maximum atomic E-state index is 12.2. The quantitative estimate of drug-likeness (QED) is 0.616. The highest BCUT2D eigenvalue weighted by Gasteiger charge is 2.22. The van der Waals surface area contributed by atoms with Crippen LogP contribution in [0.2, 0.25) is 0 Å². The number of ketones is 1. The van der Waals surface area contributed by atoms with Crippen LogP contribution in [0.3, 0.4) is 0 Å². The van der Waals surface area contributed by atoms with Crippen LogP contribution in [0.15, 0.2) is 47.1 Å². The number of carbonyl (C=O) groups is 2. The van der Waals surface area contributed by atoms with Gasteiger partial charge in [0, 0.05) is 30.3 Å². The highest BCUT2D eigenvalue weighted by Crippen LogP contribution is 2.21. The van der Waals surface area contributed by atoms with Crippen molar-refractivity contribution in [3.63, 3.8) is 0 Å². The highest BCUT2D eigenvalue weighted by molar-refractivity contribution is 5.98. The molecule has 0 bridgehead atoms. The second-order valence-electron chi connectivity index (χ2n) is 5.36. The molecule has 0 radical (unpaired) electrons. The van der Waals surface area contributed by atoms with E-state index in [0.29, 0.717) is 24.0 Å². The molecule has 1 aliphatic heterocycles. The molecule has 1 unspecified atom stereocenters. The normalized spacial score (nSPS) is 17.5. The second-order valence-corrected chi connectivity index (χ2v) is 5.36. The van der Waals surface area contributed by atoms with E-state index in [0.717, 1.165) is 0 Å². The van der Waals surface area contributed by atoms with E-state index >= 15 is 0 Å². The SMILES string of the molecule is CC(C)OC(=O)C1=CN=CC(CC(=O)c2ccccc2)C1. The van der Waals surface area contributed by atoms with Gasteiger partial charge in [-0.15, -0.1) is 0 Å². The van der Waals surface area contributed by atoms with E-state index in [9.17, 15) is 9.59 Å². The summed E-state index contributed by atoms with van der Waals surface area (Å²) in [6.07, 6.45) is 3.93. The molecule has 0 aliphatic carbocycles. The maximum absolute atomic E-state index is 12.2. The number of esters is 1. The van der Waals surface area contributed by atoms with Crippen molar-refractivity contribution in [2.45, 2.75) is 32.8 Å². The topological polar surface area (TPSA) is 55.7 Å². The van der Waals surface area contributed by atoms with Crippen molar-refractivity contribution in [3.8, 4) is 0 Å². The van der Waals surface area contributed by atoms with Crippen molar-refractivity contribution in [2.75, 3.05) is 0 Å². The lowest BCUT2D eigenvalue weighted by Gasteiger charge is -2.17. The van der Waals surface area contributed by atoms with Crippen molar-refractivity contribution in [1.82, 2.24) is 0 Å². The molecular weight excluding hydrogens is 266 g/mol. The minimum absolute atomic E-state index is 0.0579. The van der Waals surface area contributed by atoms with E-state index in [2.05, 4.69) is 4.99 Å². The van der Waals surface area contributed by atoms with Crippen LogP contribution in [-0.4, -0.2) is 24.1 Å². The Balaban J connectivity index is 1.95. The summed E-state index contributed by atoms with van der Waals surface area (Å²) in [6, 6.07) is 9.15. The zero-order chi connectivity index (χ0) is 15.2. The van der Waals surface area contributed by atoms with Gasteiger partial charge in [-0.1, -0.05) is 30.3 Å². The van der Waals surface area contributed by atoms with E-state index in [1.54, 1.807) is 32.2 Å². The summed E-state index contributed by atoms with van der Waals surface area (Å²) in [7, 11) is 0. The van der Waals surface area contributed by atoms with E-state index < -0.39 is 0 Å². The van der Waals surface area contributed by atoms with Gasteiger partial charge in [-0.25, -0.2) is 4.79 Å². The van der Waals surface area contributed by atoms with Crippen LogP contribution < -0.4 is 0 Å². The Morgan fingerprint density at radius 1 is 1.29 bits per heavy atom. The van der Waals surface area contributed by atoms with E-state index in [-0.39, 0.29) is 23.8 Å². The summed E-state index contributed by atoms with van der Waals surface area (Å²) in [5.74, 6) is -0.345. The Kier molecular flexibility index (Phi) is 5.04. The van der Waals surface area contributed by atoms with Crippen LogP contribution in [-0.2, 0) is 9.53 Å². The van der Waals surface area contributed by atoms with Crippen LogP contribution in [0.4, 0.5) is 0 Å². The van der Waals surface area contributed by atoms with Crippen molar-refractivity contribution in [3.05, 3.63) is 47.7 Å². The van der Waals surface area contributed by atoms with Crippen LogP contribution in [0.25, 0.3) is 0 Å². The van der Waals surface area contributed by atoms with Gasteiger partial charge < -0.3 is 4.74 Å². The van der Waals surface area contributed by atoms with Gasteiger partial charge in [0.15, 0.2) is 5.78 Å². The number of benzene rings is 1. The van der Waals surface area contributed by atoms with Gasteiger partial charge in [0.25, 0.3) is 0 Å². The lowest BCUT2D eigenvalue weighted by Crippen LogP contribution is -2.20. The Labute approximate surface area is 124 Å². The third-order valence-corrected chi connectivity index (χ3v) is 3.16. The summed E-state index contributed by atoms with van der Waals surface area (Å²) in [6.45, 7) is 3.61. The fraction of sp³-hybridized carbons (Fsp3) is 0.353. The molecule has 1 aromatic rings. The Hall–Kier alpha value is -2.23. The highest BCUT2D eigenvalue weighted by atomic mass is 16.5. The third-order valence-electron chi connectivity index (χ3n) is 3.16. The van der Waals surface area contributed by atoms with Gasteiger partial charge in [0.05, 0.1) is 11.7 Å². The number of hydrogen-bond donors (Lipinski definition) is 0. The number of Topliss-reactive ketones (excluding diaryl/α,β-unsaturated/α-hetero) is 1. The zero-order valence-corrected chi connectivity index (χ0v) is 12.3. The first kappa shape index (κ1) is 15.2. The summed E-state index contributed by atoms with van der Waals surface area (Å²) in [5.41, 5.74) is 1.21. The first-order valence-corrected chi connectivity index (χ1v) is 7.08. The Morgan fingerprint density at radius 3 is 2.67 bits per heavy atom. The fourth-order valence-corrected chi connectivity index (χ4v) is 2.17. The Morgan fingerprint density at radius 2 is 2.00 bits per heavy atom. The lowest BCUT2D eigenvalue weighted by molar-refractivity contribution is -0.142. The summed E-state index contributed by atoms with van der Waals surface area (Å²) >= 11 is 0. The van der Waals surface area contributed by atoms with Crippen molar-refractivity contribution >= 4 is 18.0 Å². The van der Waals surface area contributed by atoms with E-state index in [4.69, 9.17) is 4.74 Å². The molecule has 0 saturated heterocycles. The van der Waals surface area contributed by atoms with Crippen molar-refractivity contribution in [1.29, 1.82) is 0 Å². The number of nitrogens with zero attached hydrogens (tertiary/aromatic N) is 1. The molecule has 0 spiro atoms. The molecule has 1 aliphatic rings. The zero-order valence-electron chi connectivity index (χ0n) is 12.3. The van der Waals surface area contributed by atoms with Gasteiger partial charge in [-0.3, -0.25) is 9.79 Å². The molecule has 110 valence electrons. The molecule has 4 heteroatoms. The predicted octanol–water partition coefficient (Wildman–Crippen LogP) is 3.19. The minimum atomic E-state index is -0.348. The van der Waals surface area contributed by atoms with Crippen LogP contribution in [0, 0.1) is 5.92 Å². The summed E-state index contributed by atoms with van der Waals surface area (Å²) in [4.78, 5) is 28.1. The largest absolute Gasteiger partial charge is 0.460 e. The average molecular weight is 285 g/mol. The number of aliphatic imine (C=N–C) groups is 1. The fourth-order valence-electron chi connectivity index (χ4n) is 2.17. The standard InChI is InChI=1S/C17H19NO3/c1-12(2)21-17(20)15-8-13(10-18-11-15)9-16(19)14-6-4-3-5-7-14/h3-7,10-13H,8-9H2,1-2H3. The van der Waals surface area contributed by atoms with Crippen LogP contribution in [0.5, 0.6) is 0 Å². The molecule has 0 amide bonds. The first-order valence-electron chi connectivity index (χ1n) is 7.08. The second kappa shape index (κ2) is 6.97. The third kappa shape index (κ3) is 4.38. The lowest BCUT2D eigenvalue weighted by atomic mass is 9.92. The first-order chi connectivity index (χ1) is 10.1. The molecular formula is C17H19NO3. The minimum Gasteiger partial charge on any atom is -0.460 e. The monoisotopic (exact) mass is 285 g/mol. The van der Waals surface area contributed by atoms with Gasteiger partial charge in [0.2, 0.25) is 0 Å². The van der Waals surface area contributed by atoms with Crippen molar-refractivity contribution < 1.29 is 14.3 Å². The molecule has 0 aromatic heterocycles. The molecule has 0 fully saturated rings. The van der Waals surface area contributed by atoms with Gasteiger partial charge in [0.1, 0.15) is 0 Å². The smallest absolute Gasteiger partial charge is 0.335 e. The molecule has 21 heavy (non-hydrogen) atoms. The van der Waals surface area contributed by atoms with Crippen LogP contribution in [0.1, 0.15) is 37.0 Å². The maximum Gasteiger partial charge on any atom is 0.335 e. The van der Waals surface area contributed by atoms with Crippen molar-refractivity contribution in [2.24, 2.45) is 10.9 Å². The predicted molar refractivity (Wildman–Crippen MR) is 81.3 cm³/mol. The summed E-state index contributed by atoms with van der Waals surface area (Å²) in [5, 5.41) is 0.